The van der Waals surface area contributed by atoms with Crippen LogP contribution in [-0.4, -0.2) is 54.2 Å². The van der Waals surface area contributed by atoms with Crippen molar-refractivity contribution in [2.45, 2.75) is 12.1 Å². The highest BCUT2D eigenvalue weighted by Gasteiger charge is 2.43. The van der Waals surface area contributed by atoms with Gasteiger partial charge >= 0.3 is 0 Å². The lowest BCUT2D eigenvalue weighted by Crippen LogP contribution is -2.51. The Morgan fingerprint density at radius 3 is 3.00 bits per heavy atom. The highest BCUT2D eigenvalue weighted by Crippen LogP contribution is 2.28. The summed E-state index contributed by atoms with van der Waals surface area (Å²) >= 11 is 1.14. The number of ether oxygens (including phenoxy) is 1. The molecule has 2 aromatic rings. The van der Waals surface area contributed by atoms with E-state index in [0.717, 1.165) is 23.7 Å². The monoisotopic (exact) mass is 333 g/mol. The van der Waals surface area contributed by atoms with Crippen molar-refractivity contribution < 1.29 is 13.9 Å². The number of aromatic nitrogens is 1. The third kappa shape index (κ3) is 2.60. The first kappa shape index (κ1) is 14.6. The van der Waals surface area contributed by atoms with E-state index in [4.69, 9.17) is 4.74 Å². The van der Waals surface area contributed by atoms with Gasteiger partial charge in [-0.15, -0.1) is 11.3 Å². The molecule has 1 amide bonds. The van der Waals surface area contributed by atoms with Crippen LogP contribution in [0.1, 0.15) is 9.67 Å². The third-order valence-electron chi connectivity index (χ3n) is 4.34. The fourth-order valence-electron chi connectivity index (χ4n) is 3.25. The van der Waals surface area contributed by atoms with Crippen LogP contribution in [0.25, 0.3) is 0 Å². The molecule has 7 heteroatoms. The molecule has 4 heterocycles. The lowest BCUT2D eigenvalue weighted by Gasteiger charge is -2.37. The Bertz CT molecular complexity index is 708. The zero-order valence-electron chi connectivity index (χ0n) is 12.4. The summed E-state index contributed by atoms with van der Waals surface area (Å²) in [5.74, 6) is 0.191. The molecule has 2 fully saturated rings. The molecule has 0 aliphatic carbocycles. The van der Waals surface area contributed by atoms with Crippen molar-refractivity contribution >= 4 is 23.1 Å². The number of carbonyl (C=O) groups is 1. The van der Waals surface area contributed by atoms with Gasteiger partial charge < -0.3 is 14.5 Å². The van der Waals surface area contributed by atoms with Gasteiger partial charge in [-0.05, 0) is 23.6 Å². The number of morpholine rings is 1. The highest BCUT2D eigenvalue weighted by atomic mass is 32.1. The Labute approximate surface area is 137 Å². The molecule has 2 aliphatic rings. The number of thiophene rings is 1. The molecular weight excluding hydrogens is 317 g/mol. The molecule has 0 bridgehead atoms. The average molecular weight is 333 g/mol. The number of rotatable bonds is 2. The number of nitrogens with zero attached hydrogens (tertiary/aromatic N) is 3. The maximum absolute atomic E-state index is 13.7. The van der Waals surface area contributed by atoms with Crippen LogP contribution in [-0.2, 0) is 4.74 Å². The van der Waals surface area contributed by atoms with Gasteiger partial charge in [0.15, 0.2) is 0 Å². The molecule has 2 saturated heterocycles. The summed E-state index contributed by atoms with van der Waals surface area (Å²) in [4.78, 5) is 21.0. The smallest absolute Gasteiger partial charge is 0.267 e. The molecule has 5 nitrogen and oxygen atoms in total. The second-order valence-corrected chi connectivity index (χ2v) is 6.58. The van der Waals surface area contributed by atoms with Crippen LogP contribution in [0.2, 0.25) is 0 Å². The largest absolute Gasteiger partial charge is 0.372 e. The van der Waals surface area contributed by atoms with Gasteiger partial charge in [0.2, 0.25) is 0 Å². The van der Waals surface area contributed by atoms with E-state index in [1.54, 1.807) is 16.5 Å². The number of carbonyl (C=O) groups excluding carboxylic acids is 1. The van der Waals surface area contributed by atoms with Gasteiger partial charge in [-0.2, -0.15) is 0 Å². The normalized spacial score (nSPS) is 23.9. The molecule has 2 aromatic heterocycles. The van der Waals surface area contributed by atoms with Crippen LogP contribution in [0.15, 0.2) is 35.8 Å². The van der Waals surface area contributed by atoms with Gasteiger partial charge in [-0.25, -0.2) is 9.37 Å². The van der Waals surface area contributed by atoms with Gasteiger partial charge in [0.1, 0.15) is 16.5 Å². The van der Waals surface area contributed by atoms with Crippen LogP contribution in [0.3, 0.4) is 0 Å². The topological polar surface area (TPSA) is 45.7 Å². The van der Waals surface area contributed by atoms with E-state index in [-0.39, 0.29) is 22.9 Å². The molecule has 120 valence electrons. The van der Waals surface area contributed by atoms with Gasteiger partial charge in [-0.1, -0.05) is 6.07 Å². The lowest BCUT2D eigenvalue weighted by atomic mass is 10.1. The number of halogens is 1. The molecule has 0 spiro atoms. The Morgan fingerprint density at radius 2 is 2.26 bits per heavy atom. The minimum atomic E-state index is -0.447. The number of pyridine rings is 1. The van der Waals surface area contributed by atoms with E-state index in [9.17, 15) is 9.18 Å². The van der Waals surface area contributed by atoms with Crippen LogP contribution in [0.5, 0.6) is 0 Å². The molecule has 0 saturated carbocycles. The molecule has 2 aliphatic heterocycles. The van der Waals surface area contributed by atoms with E-state index in [2.05, 4.69) is 9.88 Å². The molecular formula is C16H16FN3O2S. The SMILES string of the molecule is O=C(c1sccc1F)N1C[C@@H]2OCCN(c3ccccn3)[C@H]2C1. The summed E-state index contributed by atoms with van der Waals surface area (Å²) in [6, 6.07) is 7.19. The Hall–Kier alpha value is -1.99. The molecule has 4 rings (SSSR count). The average Bonchev–Trinajstić information content (AvgIpc) is 3.20. The quantitative estimate of drug-likeness (QED) is 0.843. The Morgan fingerprint density at radius 1 is 1.35 bits per heavy atom. The lowest BCUT2D eigenvalue weighted by molar-refractivity contribution is 0.0299. The number of anilines is 1. The van der Waals surface area contributed by atoms with Crippen molar-refractivity contribution in [1.29, 1.82) is 0 Å². The maximum Gasteiger partial charge on any atom is 0.267 e. The summed E-state index contributed by atoms with van der Waals surface area (Å²) < 4.78 is 19.5. The predicted octanol–water partition coefficient (Wildman–Crippen LogP) is 2.01. The second kappa shape index (κ2) is 5.90. The van der Waals surface area contributed by atoms with E-state index < -0.39 is 5.82 Å². The Kier molecular flexibility index (Phi) is 3.74. The van der Waals surface area contributed by atoms with Crippen LogP contribution in [0, 0.1) is 5.82 Å². The van der Waals surface area contributed by atoms with E-state index in [0.29, 0.717) is 19.7 Å². The fraction of sp³-hybridized carbons (Fsp3) is 0.375. The van der Waals surface area contributed by atoms with Crippen molar-refractivity contribution in [3.63, 3.8) is 0 Å². The van der Waals surface area contributed by atoms with E-state index in [1.165, 1.54) is 6.07 Å². The Balaban J connectivity index is 1.55. The van der Waals surface area contributed by atoms with Crippen molar-refractivity contribution in [2.24, 2.45) is 0 Å². The van der Waals surface area contributed by atoms with Gasteiger partial charge in [0, 0.05) is 25.8 Å². The molecule has 0 radical (unpaired) electrons. The van der Waals surface area contributed by atoms with Gasteiger partial charge in [0.05, 0.1) is 18.8 Å². The highest BCUT2D eigenvalue weighted by molar-refractivity contribution is 7.12. The molecule has 0 unspecified atom stereocenters. The van der Waals surface area contributed by atoms with Crippen molar-refractivity contribution in [1.82, 2.24) is 9.88 Å². The maximum atomic E-state index is 13.7. The standard InChI is InChI=1S/C16H16FN3O2S/c17-11-4-8-23-15(11)16(21)19-9-12-13(10-19)22-7-6-20(12)14-3-1-2-5-18-14/h1-5,8,12-13H,6-7,9-10H2/t12-,13-/m0/s1. The number of hydrogen-bond acceptors (Lipinski definition) is 5. The fourth-order valence-corrected chi connectivity index (χ4v) is 3.99. The van der Waals surface area contributed by atoms with Crippen LogP contribution >= 0.6 is 11.3 Å². The van der Waals surface area contributed by atoms with Crippen LogP contribution in [0.4, 0.5) is 10.2 Å². The first-order valence-corrected chi connectivity index (χ1v) is 8.43. The van der Waals surface area contributed by atoms with Crippen molar-refractivity contribution in [3.8, 4) is 0 Å². The summed E-state index contributed by atoms with van der Waals surface area (Å²) in [7, 11) is 0. The minimum Gasteiger partial charge on any atom is -0.372 e. The molecule has 2 atom stereocenters. The minimum absolute atomic E-state index is 0.0577. The summed E-state index contributed by atoms with van der Waals surface area (Å²) in [6.45, 7) is 2.36. The van der Waals surface area contributed by atoms with Crippen molar-refractivity contribution in [3.05, 3.63) is 46.5 Å². The zero-order chi connectivity index (χ0) is 15.8. The van der Waals surface area contributed by atoms with Crippen LogP contribution < -0.4 is 4.90 Å². The number of amides is 1. The first-order valence-electron chi connectivity index (χ1n) is 7.55. The zero-order valence-corrected chi connectivity index (χ0v) is 13.2. The second-order valence-electron chi connectivity index (χ2n) is 5.67. The summed E-state index contributed by atoms with van der Waals surface area (Å²) in [6.07, 6.45) is 1.70. The predicted molar refractivity (Wildman–Crippen MR) is 85.3 cm³/mol. The molecule has 23 heavy (non-hydrogen) atoms. The number of likely N-dealkylation sites (tertiary alicyclic amines) is 1. The van der Waals surface area contributed by atoms with Gasteiger partial charge in [0.25, 0.3) is 5.91 Å². The van der Waals surface area contributed by atoms with Gasteiger partial charge in [-0.3, -0.25) is 4.79 Å². The number of fused-ring (bicyclic) bond motifs is 1. The third-order valence-corrected chi connectivity index (χ3v) is 5.22. The molecule has 0 aromatic carbocycles. The number of hydrogen-bond donors (Lipinski definition) is 0. The first-order chi connectivity index (χ1) is 11.2. The van der Waals surface area contributed by atoms with Crippen molar-refractivity contribution in [2.75, 3.05) is 31.1 Å². The summed E-state index contributed by atoms with van der Waals surface area (Å²) in [5, 5.41) is 1.60. The molecule has 0 N–H and O–H groups in total. The summed E-state index contributed by atoms with van der Waals surface area (Å²) in [5.41, 5.74) is 0. The van der Waals surface area contributed by atoms with E-state index in [1.807, 2.05) is 18.2 Å². The van der Waals surface area contributed by atoms with E-state index >= 15 is 0 Å².